The van der Waals surface area contributed by atoms with Crippen LogP contribution < -0.4 is 0 Å². The summed E-state index contributed by atoms with van der Waals surface area (Å²) < 4.78 is 0. The lowest BCUT2D eigenvalue weighted by molar-refractivity contribution is -0.129. The lowest BCUT2D eigenvalue weighted by atomic mass is 10.2. The number of likely N-dealkylation sites (N-methyl/N-ethyl adjacent to an activating group) is 2. The van der Waals surface area contributed by atoms with Crippen LogP contribution in [0.5, 0.6) is 0 Å². The van der Waals surface area contributed by atoms with Crippen LogP contribution in [0, 0.1) is 0 Å². The predicted octanol–water partition coefficient (Wildman–Crippen LogP) is 1.29. The molecule has 0 aliphatic heterocycles. The first-order valence-electron chi connectivity index (χ1n) is 5.56. The van der Waals surface area contributed by atoms with Crippen LogP contribution in [0.25, 0.3) is 0 Å². The van der Waals surface area contributed by atoms with Gasteiger partial charge in [0.25, 0.3) is 5.91 Å². The SMILES string of the molecule is CCN(CC(=O)N(C)C)C(=O)c1ccncc1Cl. The highest BCUT2D eigenvalue weighted by atomic mass is 35.5. The zero-order valence-corrected chi connectivity index (χ0v) is 11.4. The van der Waals surface area contributed by atoms with Crippen LogP contribution in [0.2, 0.25) is 5.02 Å². The molecule has 1 rings (SSSR count). The standard InChI is InChI=1S/C12H16ClN3O2/c1-4-16(8-11(17)15(2)3)12(18)9-5-6-14-7-10(9)13/h5-7H,4,8H2,1-3H3. The summed E-state index contributed by atoms with van der Waals surface area (Å²) in [7, 11) is 3.31. The van der Waals surface area contributed by atoms with Gasteiger partial charge in [-0.2, -0.15) is 0 Å². The number of aromatic nitrogens is 1. The molecule has 6 heteroatoms. The first-order chi connectivity index (χ1) is 8.47. The third kappa shape index (κ3) is 3.43. The second kappa shape index (κ2) is 6.35. The second-order valence-corrected chi connectivity index (χ2v) is 4.37. The molecule has 5 nitrogen and oxygen atoms in total. The van der Waals surface area contributed by atoms with Crippen molar-refractivity contribution in [3.05, 3.63) is 29.0 Å². The van der Waals surface area contributed by atoms with E-state index in [9.17, 15) is 9.59 Å². The van der Waals surface area contributed by atoms with Gasteiger partial charge in [0.05, 0.1) is 17.1 Å². The predicted molar refractivity (Wildman–Crippen MR) is 69.5 cm³/mol. The smallest absolute Gasteiger partial charge is 0.255 e. The highest BCUT2D eigenvalue weighted by Crippen LogP contribution is 2.15. The molecular formula is C12H16ClN3O2. The van der Waals surface area contributed by atoms with Crippen molar-refractivity contribution in [3.63, 3.8) is 0 Å². The van der Waals surface area contributed by atoms with Gasteiger partial charge in [-0.25, -0.2) is 0 Å². The van der Waals surface area contributed by atoms with Gasteiger partial charge in [0.2, 0.25) is 5.91 Å². The molecule has 0 radical (unpaired) electrons. The van der Waals surface area contributed by atoms with E-state index in [1.807, 2.05) is 6.92 Å². The molecule has 1 heterocycles. The first kappa shape index (κ1) is 14.4. The molecule has 98 valence electrons. The van der Waals surface area contributed by atoms with Crippen LogP contribution in [0.1, 0.15) is 17.3 Å². The lowest BCUT2D eigenvalue weighted by Crippen LogP contribution is -2.40. The number of rotatable bonds is 4. The summed E-state index contributed by atoms with van der Waals surface area (Å²) in [4.78, 5) is 30.5. The van der Waals surface area contributed by atoms with Gasteiger partial charge in [0, 0.05) is 33.0 Å². The van der Waals surface area contributed by atoms with Crippen molar-refractivity contribution >= 4 is 23.4 Å². The van der Waals surface area contributed by atoms with E-state index in [-0.39, 0.29) is 18.4 Å². The Hall–Kier alpha value is -1.62. The van der Waals surface area contributed by atoms with Gasteiger partial charge in [-0.15, -0.1) is 0 Å². The summed E-state index contributed by atoms with van der Waals surface area (Å²) in [6.45, 7) is 2.30. The molecule has 0 unspecified atom stereocenters. The maximum Gasteiger partial charge on any atom is 0.255 e. The average Bonchev–Trinajstić information content (AvgIpc) is 2.35. The molecule has 0 spiro atoms. The van der Waals surface area contributed by atoms with E-state index >= 15 is 0 Å². The Morgan fingerprint density at radius 3 is 2.56 bits per heavy atom. The van der Waals surface area contributed by atoms with Crippen molar-refractivity contribution in [1.82, 2.24) is 14.8 Å². The van der Waals surface area contributed by atoms with Crippen molar-refractivity contribution in [2.75, 3.05) is 27.2 Å². The average molecular weight is 270 g/mol. The van der Waals surface area contributed by atoms with Crippen molar-refractivity contribution < 1.29 is 9.59 Å². The summed E-state index contributed by atoms with van der Waals surface area (Å²) in [5.41, 5.74) is 0.361. The fourth-order valence-electron chi connectivity index (χ4n) is 1.35. The van der Waals surface area contributed by atoms with Crippen LogP contribution >= 0.6 is 11.6 Å². The summed E-state index contributed by atoms with van der Waals surface area (Å²) in [6, 6.07) is 1.55. The van der Waals surface area contributed by atoms with Crippen LogP contribution in [0.3, 0.4) is 0 Å². The molecule has 0 bridgehead atoms. The minimum absolute atomic E-state index is 0.0426. The Bertz CT molecular complexity index is 449. The maximum absolute atomic E-state index is 12.2. The van der Waals surface area contributed by atoms with Crippen LogP contribution in [-0.4, -0.2) is 53.8 Å². The molecule has 0 aliphatic rings. The molecule has 2 amide bonds. The van der Waals surface area contributed by atoms with Gasteiger partial charge in [0.15, 0.2) is 0 Å². The summed E-state index contributed by atoms with van der Waals surface area (Å²) >= 11 is 5.91. The number of hydrogen-bond donors (Lipinski definition) is 0. The van der Waals surface area contributed by atoms with Crippen LogP contribution in [0.15, 0.2) is 18.5 Å². The highest BCUT2D eigenvalue weighted by molar-refractivity contribution is 6.33. The van der Waals surface area contributed by atoms with Crippen molar-refractivity contribution in [2.24, 2.45) is 0 Å². The van der Waals surface area contributed by atoms with Gasteiger partial charge >= 0.3 is 0 Å². The first-order valence-corrected chi connectivity index (χ1v) is 5.94. The number of nitrogens with zero attached hydrogens (tertiary/aromatic N) is 3. The number of amides is 2. The van der Waals surface area contributed by atoms with E-state index in [0.717, 1.165) is 0 Å². The minimum atomic E-state index is -0.264. The third-order valence-corrected chi connectivity index (χ3v) is 2.80. The summed E-state index contributed by atoms with van der Waals surface area (Å²) in [5, 5.41) is 0.290. The number of carbonyl (C=O) groups is 2. The van der Waals surface area contributed by atoms with E-state index in [0.29, 0.717) is 17.1 Å². The number of halogens is 1. The van der Waals surface area contributed by atoms with Crippen LogP contribution in [0.4, 0.5) is 0 Å². The molecule has 0 saturated heterocycles. The Kier molecular flexibility index (Phi) is 5.09. The topological polar surface area (TPSA) is 53.5 Å². The van der Waals surface area contributed by atoms with Crippen molar-refractivity contribution in [3.8, 4) is 0 Å². The normalized spacial score (nSPS) is 10.0. The van der Waals surface area contributed by atoms with Crippen molar-refractivity contribution in [2.45, 2.75) is 6.92 Å². The van der Waals surface area contributed by atoms with Gasteiger partial charge in [-0.05, 0) is 13.0 Å². The van der Waals surface area contributed by atoms with E-state index in [4.69, 9.17) is 11.6 Å². The third-order valence-electron chi connectivity index (χ3n) is 2.50. The minimum Gasteiger partial charge on any atom is -0.347 e. The molecular weight excluding hydrogens is 254 g/mol. The lowest BCUT2D eigenvalue weighted by Gasteiger charge is -2.22. The van der Waals surface area contributed by atoms with E-state index in [1.165, 1.54) is 22.2 Å². The Morgan fingerprint density at radius 2 is 2.06 bits per heavy atom. The summed E-state index contributed by atoms with van der Waals surface area (Å²) in [5.74, 6) is -0.393. The monoisotopic (exact) mass is 269 g/mol. The number of hydrogen-bond acceptors (Lipinski definition) is 3. The zero-order valence-electron chi connectivity index (χ0n) is 10.7. The molecule has 0 N–H and O–H groups in total. The van der Waals surface area contributed by atoms with E-state index < -0.39 is 0 Å². The highest BCUT2D eigenvalue weighted by Gasteiger charge is 2.20. The van der Waals surface area contributed by atoms with Gasteiger partial charge in [-0.1, -0.05) is 11.6 Å². The van der Waals surface area contributed by atoms with Crippen LogP contribution in [-0.2, 0) is 4.79 Å². The molecule has 1 aromatic heterocycles. The largest absolute Gasteiger partial charge is 0.347 e. The fraction of sp³-hybridized carbons (Fsp3) is 0.417. The maximum atomic E-state index is 12.2. The van der Waals surface area contributed by atoms with Gasteiger partial charge in [0.1, 0.15) is 0 Å². The fourth-order valence-corrected chi connectivity index (χ4v) is 1.55. The van der Waals surface area contributed by atoms with E-state index in [2.05, 4.69) is 4.98 Å². The Balaban J connectivity index is 2.87. The quantitative estimate of drug-likeness (QED) is 0.828. The van der Waals surface area contributed by atoms with Gasteiger partial charge < -0.3 is 9.80 Å². The number of carbonyl (C=O) groups excluding carboxylic acids is 2. The molecule has 1 aromatic rings. The molecule has 18 heavy (non-hydrogen) atoms. The second-order valence-electron chi connectivity index (χ2n) is 3.96. The molecule has 0 aliphatic carbocycles. The van der Waals surface area contributed by atoms with E-state index in [1.54, 1.807) is 20.2 Å². The zero-order chi connectivity index (χ0) is 13.7. The Labute approximate surface area is 111 Å². The van der Waals surface area contributed by atoms with Gasteiger partial charge in [-0.3, -0.25) is 14.6 Å². The molecule has 0 atom stereocenters. The molecule has 0 fully saturated rings. The summed E-state index contributed by atoms with van der Waals surface area (Å²) in [6.07, 6.45) is 2.91. The molecule has 0 saturated carbocycles. The Morgan fingerprint density at radius 1 is 1.39 bits per heavy atom. The van der Waals surface area contributed by atoms with Crippen molar-refractivity contribution in [1.29, 1.82) is 0 Å². The molecule has 0 aromatic carbocycles. The number of pyridine rings is 1.